The van der Waals surface area contributed by atoms with Gasteiger partial charge >= 0.3 is 12.0 Å². The largest absolute Gasteiger partial charge is 0.480 e. The van der Waals surface area contributed by atoms with Crippen molar-refractivity contribution in [3.05, 3.63) is 12.2 Å². The van der Waals surface area contributed by atoms with Crippen molar-refractivity contribution in [3.63, 3.8) is 0 Å². The number of carboxylic acids is 1. The predicted octanol–water partition coefficient (Wildman–Crippen LogP) is -0.132. The highest BCUT2D eigenvalue weighted by molar-refractivity contribution is 5.82. The second-order valence-corrected chi connectivity index (χ2v) is 3.86. The normalized spacial score (nSPS) is 11.9. The molecule has 3 N–H and O–H groups in total. The van der Waals surface area contributed by atoms with Crippen LogP contribution in [-0.4, -0.2) is 37.9 Å². The van der Waals surface area contributed by atoms with Crippen molar-refractivity contribution >= 4 is 12.0 Å². The molecule has 0 fully saturated rings. The number of aryl methyl sites for hydroxylation is 1. The van der Waals surface area contributed by atoms with E-state index in [1.165, 1.54) is 6.33 Å². The van der Waals surface area contributed by atoms with Crippen molar-refractivity contribution in [1.82, 2.24) is 25.4 Å². The molecule has 0 spiro atoms. The van der Waals surface area contributed by atoms with Gasteiger partial charge in [0.15, 0.2) is 5.82 Å². The SMILES string of the molecule is CCCC(NC(=O)NCc1nncn1C)C(=O)O. The van der Waals surface area contributed by atoms with E-state index < -0.39 is 18.0 Å². The number of carbonyl (C=O) groups is 2. The third kappa shape index (κ3) is 4.04. The van der Waals surface area contributed by atoms with Gasteiger partial charge < -0.3 is 20.3 Å². The van der Waals surface area contributed by atoms with Crippen LogP contribution < -0.4 is 10.6 Å². The number of hydrogen-bond donors (Lipinski definition) is 3. The van der Waals surface area contributed by atoms with Gasteiger partial charge in [0.2, 0.25) is 0 Å². The van der Waals surface area contributed by atoms with Gasteiger partial charge in [-0.3, -0.25) is 0 Å². The van der Waals surface area contributed by atoms with Crippen molar-refractivity contribution in [2.75, 3.05) is 0 Å². The zero-order chi connectivity index (χ0) is 13.5. The lowest BCUT2D eigenvalue weighted by Gasteiger charge is -2.13. The second kappa shape index (κ2) is 6.58. The monoisotopic (exact) mass is 255 g/mol. The molecule has 0 aliphatic heterocycles. The van der Waals surface area contributed by atoms with Gasteiger partial charge in [-0.05, 0) is 6.42 Å². The van der Waals surface area contributed by atoms with Crippen LogP contribution in [0.4, 0.5) is 4.79 Å². The summed E-state index contributed by atoms with van der Waals surface area (Å²) in [5, 5.41) is 21.3. The Labute approximate surface area is 104 Å². The van der Waals surface area contributed by atoms with E-state index in [4.69, 9.17) is 5.11 Å². The molecule has 8 nitrogen and oxygen atoms in total. The molecule has 0 aliphatic carbocycles. The van der Waals surface area contributed by atoms with Gasteiger partial charge in [-0.25, -0.2) is 9.59 Å². The van der Waals surface area contributed by atoms with Gasteiger partial charge in [0.25, 0.3) is 0 Å². The average Bonchev–Trinajstić information content (AvgIpc) is 2.71. The Kier molecular flexibility index (Phi) is 5.09. The van der Waals surface area contributed by atoms with Gasteiger partial charge in [0.1, 0.15) is 12.4 Å². The Morgan fingerprint density at radius 1 is 1.56 bits per heavy atom. The van der Waals surface area contributed by atoms with E-state index in [1.54, 1.807) is 11.6 Å². The molecule has 100 valence electrons. The maximum absolute atomic E-state index is 11.5. The van der Waals surface area contributed by atoms with Gasteiger partial charge in [0, 0.05) is 7.05 Å². The summed E-state index contributed by atoms with van der Waals surface area (Å²) >= 11 is 0. The van der Waals surface area contributed by atoms with Crippen molar-refractivity contribution in [2.24, 2.45) is 7.05 Å². The number of urea groups is 1. The zero-order valence-corrected chi connectivity index (χ0v) is 10.4. The summed E-state index contributed by atoms with van der Waals surface area (Å²) < 4.78 is 1.67. The van der Waals surface area contributed by atoms with E-state index >= 15 is 0 Å². The van der Waals surface area contributed by atoms with Crippen LogP contribution in [0.5, 0.6) is 0 Å². The fourth-order valence-electron chi connectivity index (χ4n) is 1.38. The molecule has 8 heteroatoms. The molecular weight excluding hydrogens is 238 g/mol. The molecule has 0 aliphatic rings. The molecule has 2 amide bonds. The van der Waals surface area contributed by atoms with E-state index in [9.17, 15) is 9.59 Å². The molecule has 1 aromatic heterocycles. The molecule has 0 radical (unpaired) electrons. The van der Waals surface area contributed by atoms with E-state index in [2.05, 4.69) is 20.8 Å². The maximum Gasteiger partial charge on any atom is 0.326 e. The summed E-state index contributed by atoms with van der Waals surface area (Å²) in [7, 11) is 1.76. The number of carboxylic acid groups (broad SMARTS) is 1. The first-order valence-corrected chi connectivity index (χ1v) is 5.64. The second-order valence-electron chi connectivity index (χ2n) is 3.86. The quantitative estimate of drug-likeness (QED) is 0.656. The van der Waals surface area contributed by atoms with Crippen LogP contribution in [0.3, 0.4) is 0 Å². The molecular formula is C10H17N5O3. The molecule has 1 aromatic rings. The topological polar surface area (TPSA) is 109 Å². The Morgan fingerprint density at radius 2 is 2.28 bits per heavy atom. The lowest BCUT2D eigenvalue weighted by molar-refractivity contribution is -0.139. The number of amides is 2. The summed E-state index contributed by atoms with van der Waals surface area (Å²) in [6.45, 7) is 2.05. The molecule has 1 unspecified atom stereocenters. The first-order chi connectivity index (χ1) is 8.54. The van der Waals surface area contributed by atoms with Crippen LogP contribution in [0.15, 0.2) is 6.33 Å². The van der Waals surface area contributed by atoms with Gasteiger partial charge in [0.05, 0.1) is 6.54 Å². The molecule has 0 saturated heterocycles. The predicted molar refractivity (Wildman–Crippen MR) is 62.7 cm³/mol. The van der Waals surface area contributed by atoms with Crippen molar-refractivity contribution in [2.45, 2.75) is 32.4 Å². The van der Waals surface area contributed by atoms with Crippen molar-refractivity contribution < 1.29 is 14.7 Å². The summed E-state index contributed by atoms with van der Waals surface area (Å²) in [4.78, 5) is 22.3. The van der Waals surface area contributed by atoms with Crippen molar-refractivity contribution in [1.29, 1.82) is 0 Å². The summed E-state index contributed by atoms with van der Waals surface area (Å²) in [5.41, 5.74) is 0. The van der Waals surface area contributed by atoms with Crippen LogP contribution >= 0.6 is 0 Å². The summed E-state index contributed by atoms with van der Waals surface area (Å²) in [6.07, 6.45) is 2.60. The number of hydrogen-bond acceptors (Lipinski definition) is 4. The Bertz CT molecular complexity index is 417. The maximum atomic E-state index is 11.5. The lowest BCUT2D eigenvalue weighted by atomic mass is 10.2. The molecule has 0 saturated carbocycles. The molecule has 0 aromatic carbocycles. The summed E-state index contributed by atoms with van der Waals surface area (Å²) in [5.74, 6) is -0.446. The van der Waals surface area contributed by atoms with Crippen LogP contribution in [0.25, 0.3) is 0 Å². The van der Waals surface area contributed by atoms with E-state index in [0.29, 0.717) is 18.7 Å². The number of rotatable bonds is 6. The highest BCUT2D eigenvalue weighted by Gasteiger charge is 2.18. The van der Waals surface area contributed by atoms with Crippen LogP contribution in [0, 0.1) is 0 Å². The molecule has 18 heavy (non-hydrogen) atoms. The minimum Gasteiger partial charge on any atom is -0.480 e. The smallest absolute Gasteiger partial charge is 0.326 e. The third-order valence-electron chi connectivity index (χ3n) is 2.39. The first-order valence-electron chi connectivity index (χ1n) is 5.64. The number of carbonyl (C=O) groups excluding carboxylic acids is 1. The Hall–Kier alpha value is -2.12. The number of aromatic nitrogens is 3. The molecule has 1 atom stereocenters. The number of nitrogens with zero attached hydrogens (tertiary/aromatic N) is 3. The van der Waals surface area contributed by atoms with E-state index in [0.717, 1.165) is 0 Å². The molecule has 1 rings (SSSR count). The summed E-state index contributed by atoms with van der Waals surface area (Å²) in [6, 6.07) is -1.40. The van der Waals surface area contributed by atoms with E-state index in [1.807, 2.05) is 6.92 Å². The highest BCUT2D eigenvalue weighted by Crippen LogP contribution is 1.97. The van der Waals surface area contributed by atoms with Crippen molar-refractivity contribution in [3.8, 4) is 0 Å². The average molecular weight is 255 g/mol. The van der Waals surface area contributed by atoms with Gasteiger partial charge in [-0.15, -0.1) is 10.2 Å². The van der Waals surface area contributed by atoms with Crippen LogP contribution in [0.2, 0.25) is 0 Å². The standard InChI is InChI=1S/C10H17N5O3/c1-3-4-7(9(16)17)13-10(18)11-5-8-14-12-6-15(8)2/h6-7H,3-5H2,1-2H3,(H,16,17)(H2,11,13,18). The molecule has 0 bridgehead atoms. The number of aliphatic carboxylic acids is 1. The Balaban J connectivity index is 2.41. The highest BCUT2D eigenvalue weighted by atomic mass is 16.4. The fraction of sp³-hybridized carbons (Fsp3) is 0.600. The van der Waals surface area contributed by atoms with E-state index in [-0.39, 0.29) is 6.54 Å². The van der Waals surface area contributed by atoms with Crippen LogP contribution in [-0.2, 0) is 18.4 Å². The molecule has 1 heterocycles. The minimum atomic E-state index is -1.04. The van der Waals surface area contributed by atoms with Gasteiger partial charge in [-0.1, -0.05) is 13.3 Å². The lowest BCUT2D eigenvalue weighted by Crippen LogP contribution is -2.45. The van der Waals surface area contributed by atoms with Gasteiger partial charge in [-0.2, -0.15) is 0 Å². The van der Waals surface area contributed by atoms with Crippen LogP contribution in [0.1, 0.15) is 25.6 Å². The Morgan fingerprint density at radius 3 is 2.78 bits per heavy atom. The minimum absolute atomic E-state index is 0.195. The fourth-order valence-corrected chi connectivity index (χ4v) is 1.38. The zero-order valence-electron chi connectivity index (χ0n) is 10.4. The number of nitrogens with one attached hydrogen (secondary N) is 2. The first kappa shape index (κ1) is 13.9. The third-order valence-corrected chi connectivity index (χ3v) is 2.39.